The van der Waals surface area contributed by atoms with E-state index in [2.05, 4.69) is 42.5 Å². The molecule has 0 unspecified atom stereocenters. The third-order valence-electron chi connectivity index (χ3n) is 6.09. The van der Waals surface area contributed by atoms with Crippen LogP contribution in [0.4, 0.5) is 0 Å². The molecule has 0 amide bonds. The molecule has 0 spiro atoms. The van der Waals surface area contributed by atoms with Gasteiger partial charge in [-0.1, -0.05) is 61.7 Å². The van der Waals surface area contributed by atoms with Gasteiger partial charge in [0.1, 0.15) is 0 Å². The van der Waals surface area contributed by atoms with Gasteiger partial charge < -0.3 is 0 Å². The molecule has 0 saturated heterocycles. The summed E-state index contributed by atoms with van der Waals surface area (Å²) in [4.78, 5) is 0. The zero-order chi connectivity index (χ0) is 18.6. The first-order valence-electron chi connectivity index (χ1n) is 10.1. The van der Waals surface area contributed by atoms with Crippen LogP contribution < -0.4 is 0 Å². The first kappa shape index (κ1) is 19.4. The van der Waals surface area contributed by atoms with Gasteiger partial charge in [-0.3, -0.25) is 0 Å². The zero-order valence-electron chi connectivity index (χ0n) is 16.2. The van der Waals surface area contributed by atoms with Crippen molar-refractivity contribution in [2.45, 2.75) is 64.0 Å². The van der Waals surface area contributed by atoms with E-state index in [-0.39, 0.29) is 5.25 Å². The molecule has 1 aliphatic rings. The Kier molecular flexibility index (Phi) is 6.39. The Morgan fingerprint density at radius 2 is 1.58 bits per heavy atom. The summed E-state index contributed by atoms with van der Waals surface area (Å²) in [6.45, 7) is 3.60. The molecule has 26 heavy (non-hydrogen) atoms. The smallest absolute Gasteiger partial charge is 0.152 e. The first-order valence-corrected chi connectivity index (χ1v) is 11.9. The van der Waals surface area contributed by atoms with Gasteiger partial charge in [0.15, 0.2) is 9.84 Å². The molecular formula is C23H32O2S. The van der Waals surface area contributed by atoms with E-state index in [4.69, 9.17) is 0 Å². The van der Waals surface area contributed by atoms with E-state index < -0.39 is 9.84 Å². The molecule has 0 aromatic heterocycles. The van der Waals surface area contributed by atoms with Crippen LogP contribution in [0, 0.1) is 11.8 Å². The topological polar surface area (TPSA) is 34.1 Å². The molecule has 2 aromatic carbocycles. The third kappa shape index (κ3) is 4.88. The first-order chi connectivity index (χ1) is 12.5. The van der Waals surface area contributed by atoms with Crippen LogP contribution in [0.2, 0.25) is 0 Å². The molecule has 2 aromatic rings. The Hall–Kier alpha value is -1.35. The molecular weight excluding hydrogens is 340 g/mol. The quantitative estimate of drug-likeness (QED) is 0.616. The van der Waals surface area contributed by atoms with E-state index >= 15 is 0 Å². The molecule has 142 valence electrons. The van der Waals surface area contributed by atoms with Crippen molar-refractivity contribution in [3.63, 3.8) is 0 Å². The summed E-state index contributed by atoms with van der Waals surface area (Å²) >= 11 is 0. The minimum atomic E-state index is -2.89. The van der Waals surface area contributed by atoms with Gasteiger partial charge in [-0.05, 0) is 67.7 Å². The van der Waals surface area contributed by atoms with E-state index in [0.29, 0.717) is 11.7 Å². The van der Waals surface area contributed by atoms with Crippen molar-refractivity contribution in [1.29, 1.82) is 0 Å². The van der Waals surface area contributed by atoms with Gasteiger partial charge in [0.2, 0.25) is 0 Å². The van der Waals surface area contributed by atoms with E-state index in [0.717, 1.165) is 25.2 Å². The second-order valence-corrected chi connectivity index (χ2v) is 10.9. The van der Waals surface area contributed by atoms with Crippen LogP contribution in [0.5, 0.6) is 0 Å². The highest BCUT2D eigenvalue weighted by Crippen LogP contribution is 2.33. The maximum atomic E-state index is 12.1. The van der Waals surface area contributed by atoms with Crippen LogP contribution in [0.1, 0.15) is 57.9 Å². The maximum Gasteiger partial charge on any atom is 0.152 e. The van der Waals surface area contributed by atoms with Gasteiger partial charge in [0.25, 0.3) is 0 Å². The predicted octanol–water partition coefficient (Wildman–Crippen LogP) is 5.79. The van der Waals surface area contributed by atoms with E-state index in [1.54, 1.807) is 13.8 Å². The maximum absolute atomic E-state index is 12.1. The zero-order valence-corrected chi connectivity index (χ0v) is 17.0. The lowest BCUT2D eigenvalue weighted by molar-refractivity contribution is 0.274. The van der Waals surface area contributed by atoms with Gasteiger partial charge in [0, 0.05) is 0 Å². The fourth-order valence-electron chi connectivity index (χ4n) is 4.30. The number of sulfone groups is 1. The Morgan fingerprint density at radius 3 is 2.31 bits per heavy atom. The van der Waals surface area contributed by atoms with Crippen LogP contribution >= 0.6 is 0 Å². The number of rotatable bonds is 7. The minimum Gasteiger partial charge on any atom is -0.229 e. The van der Waals surface area contributed by atoms with Crippen LogP contribution in [-0.2, 0) is 16.3 Å². The molecule has 3 rings (SSSR count). The van der Waals surface area contributed by atoms with Crippen molar-refractivity contribution in [3.8, 4) is 0 Å². The van der Waals surface area contributed by atoms with Gasteiger partial charge in [0.05, 0.1) is 11.0 Å². The van der Waals surface area contributed by atoms with Crippen LogP contribution in [0.25, 0.3) is 10.8 Å². The average Bonchev–Trinajstić information content (AvgIpc) is 2.63. The van der Waals surface area contributed by atoms with Crippen LogP contribution in [0.15, 0.2) is 42.5 Å². The van der Waals surface area contributed by atoms with Crippen LogP contribution in [-0.4, -0.2) is 19.4 Å². The molecule has 0 bridgehead atoms. The Bertz CT molecular complexity index is 810. The fraction of sp³-hybridized carbons (Fsp3) is 0.565. The second-order valence-electron chi connectivity index (χ2n) is 8.30. The summed E-state index contributed by atoms with van der Waals surface area (Å²) in [5, 5.41) is 2.48. The van der Waals surface area contributed by atoms with E-state index in [1.165, 1.54) is 42.0 Å². The molecule has 1 saturated carbocycles. The van der Waals surface area contributed by atoms with Crippen molar-refractivity contribution in [2.75, 3.05) is 5.75 Å². The molecule has 0 heterocycles. The summed E-state index contributed by atoms with van der Waals surface area (Å²) in [6.07, 6.45) is 8.22. The molecule has 3 heteroatoms. The summed E-state index contributed by atoms with van der Waals surface area (Å²) in [5.74, 6) is 1.56. The van der Waals surface area contributed by atoms with Crippen molar-refractivity contribution >= 4 is 20.6 Å². The third-order valence-corrected chi connectivity index (χ3v) is 8.46. The van der Waals surface area contributed by atoms with Gasteiger partial charge in [-0.25, -0.2) is 8.42 Å². The Balaban J connectivity index is 1.46. The van der Waals surface area contributed by atoms with Crippen molar-refractivity contribution < 1.29 is 8.42 Å². The lowest BCUT2D eigenvalue weighted by Crippen LogP contribution is -2.26. The minimum absolute atomic E-state index is 0.235. The molecule has 0 radical (unpaired) electrons. The van der Waals surface area contributed by atoms with E-state index in [1.807, 2.05) is 0 Å². The molecule has 1 aliphatic carbocycles. The average molecular weight is 373 g/mol. The highest BCUT2D eigenvalue weighted by Gasteiger charge is 2.27. The highest BCUT2D eigenvalue weighted by atomic mass is 32.2. The lowest BCUT2D eigenvalue weighted by atomic mass is 9.80. The van der Waals surface area contributed by atoms with Crippen molar-refractivity contribution in [3.05, 3.63) is 48.0 Å². The van der Waals surface area contributed by atoms with Gasteiger partial charge in [-0.2, -0.15) is 0 Å². The standard InChI is InChI=1S/C23H32O2S/c1-18(2)26(24,25)17-20-15-13-19(14-16-20)7-5-9-22-11-6-10-21-8-3-4-12-23(21)22/h3-4,6,8,10-12,18-20H,5,7,9,13-17H2,1-2H3. The number of aryl methyl sites for hydroxylation is 1. The lowest BCUT2D eigenvalue weighted by Gasteiger charge is -2.28. The Labute approximate surface area is 158 Å². The van der Waals surface area contributed by atoms with E-state index in [9.17, 15) is 8.42 Å². The molecule has 1 fully saturated rings. The van der Waals surface area contributed by atoms with Gasteiger partial charge >= 0.3 is 0 Å². The second kappa shape index (κ2) is 8.56. The van der Waals surface area contributed by atoms with Crippen molar-refractivity contribution in [2.24, 2.45) is 11.8 Å². The summed E-state index contributed by atoms with van der Waals surface area (Å²) in [5.41, 5.74) is 1.46. The number of hydrogen-bond donors (Lipinski definition) is 0. The summed E-state index contributed by atoms with van der Waals surface area (Å²) in [7, 11) is -2.89. The Morgan fingerprint density at radius 1 is 0.923 bits per heavy atom. The predicted molar refractivity (Wildman–Crippen MR) is 111 cm³/mol. The monoisotopic (exact) mass is 372 g/mol. The number of hydrogen-bond acceptors (Lipinski definition) is 2. The summed E-state index contributed by atoms with van der Waals surface area (Å²) in [6, 6.07) is 15.2. The molecule has 0 atom stereocenters. The van der Waals surface area contributed by atoms with Gasteiger partial charge in [-0.15, -0.1) is 0 Å². The number of benzene rings is 2. The normalized spacial score (nSPS) is 21.3. The van der Waals surface area contributed by atoms with Crippen molar-refractivity contribution in [1.82, 2.24) is 0 Å². The molecule has 2 nitrogen and oxygen atoms in total. The van der Waals surface area contributed by atoms with Crippen LogP contribution in [0.3, 0.4) is 0 Å². The SMILES string of the molecule is CC(C)S(=O)(=O)CC1CCC(CCCc2cccc3ccccc23)CC1. The largest absolute Gasteiger partial charge is 0.229 e. The summed E-state index contributed by atoms with van der Waals surface area (Å²) < 4.78 is 24.2. The fourth-order valence-corrected chi connectivity index (χ4v) is 5.67. The molecule has 0 N–H and O–H groups in total. The highest BCUT2D eigenvalue weighted by molar-refractivity contribution is 7.91. The number of fused-ring (bicyclic) bond motifs is 1. The molecule has 0 aliphatic heterocycles.